The first kappa shape index (κ1) is 8.82. The van der Waals surface area contributed by atoms with E-state index in [-0.39, 0.29) is 0 Å². The van der Waals surface area contributed by atoms with Crippen LogP contribution in [0.15, 0.2) is 22.8 Å². The summed E-state index contributed by atoms with van der Waals surface area (Å²) < 4.78 is 5.29. The minimum atomic E-state index is 0.529. The van der Waals surface area contributed by atoms with Crippen LogP contribution in [0.4, 0.5) is 0 Å². The van der Waals surface area contributed by atoms with Gasteiger partial charge in [0, 0.05) is 18.5 Å². The van der Waals surface area contributed by atoms with E-state index >= 15 is 0 Å². The van der Waals surface area contributed by atoms with Gasteiger partial charge in [-0.15, -0.1) is 0 Å². The molecule has 1 N–H and O–H groups in total. The highest BCUT2D eigenvalue weighted by molar-refractivity contribution is 5.01. The summed E-state index contributed by atoms with van der Waals surface area (Å²) in [6.45, 7) is 4.50. The molecule has 3 unspecified atom stereocenters. The van der Waals surface area contributed by atoms with Gasteiger partial charge in [0.05, 0.1) is 6.26 Å². The molecule has 1 saturated carbocycles. The molecule has 2 nitrogen and oxygen atoms in total. The number of rotatable bonds is 4. The average Bonchev–Trinajstić information content (AvgIpc) is 2.61. The van der Waals surface area contributed by atoms with Crippen LogP contribution in [0.3, 0.4) is 0 Å². The van der Waals surface area contributed by atoms with Crippen molar-refractivity contribution in [3.8, 4) is 0 Å². The van der Waals surface area contributed by atoms with E-state index < -0.39 is 0 Å². The van der Waals surface area contributed by atoms with Gasteiger partial charge in [-0.05, 0) is 31.4 Å². The molecule has 0 saturated heterocycles. The van der Waals surface area contributed by atoms with Gasteiger partial charge in [-0.2, -0.15) is 0 Å². The molecular formula is C11H17NO. The van der Waals surface area contributed by atoms with E-state index in [1.165, 1.54) is 6.42 Å². The smallest absolute Gasteiger partial charge is 0.105 e. The van der Waals surface area contributed by atoms with Crippen molar-refractivity contribution in [1.82, 2.24) is 5.32 Å². The van der Waals surface area contributed by atoms with Crippen LogP contribution < -0.4 is 5.32 Å². The van der Waals surface area contributed by atoms with E-state index in [2.05, 4.69) is 19.2 Å². The Labute approximate surface area is 79.3 Å². The summed E-state index contributed by atoms with van der Waals surface area (Å²) in [5, 5.41) is 3.58. The van der Waals surface area contributed by atoms with Crippen LogP contribution in [0.2, 0.25) is 0 Å². The van der Waals surface area contributed by atoms with Crippen molar-refractivity contribution in [2.45, 2.75) is 38.8 Å². The first-order valence-electron chi connectivity index (χ1n) is 5.04. The summed E-state index contributed by atoms with van der Waals surface area (Å²) in [6.07, 6.45) is 4.07. The molecule has 72 valence electrons. The van der Waals surface area contributed by atoms with Gasteiger partial charge >= 0.3 is 0 Å². The van der Waals surface area contributed by atoms with Crippen LogP contribution in [-0.2, 0) is 6.42 Å². The topological polar surface area (TPSA) is 25.2 Å². The summed E-state index contributed by atoms with van der Waals surface area (Å²) >= 11 is 0. The van der Waals surface area contributed by atoms with Gasteiger partial charge in [0.1, 0.15) is 5.76 Å². The van der Waals surface area contributed by atoms with Gasteiger partial charge in [-0.25, -0.2) is 0 Å². The minimum Gasteiger partial charge on any atom is -0.469 e. The molecule has 1 fully saturated rings. The van der Waals surface area contributed by atoms with Crippen molar-refractivity contribution < 1.29 is 4.42 Å². The first-order chi connectivity index (χ1) is 6.25. The first-order valence-corrected chi connectivity index (χ1v) is 5.04. The quantitative estimate of drug-likeness (QED) is 0.766. The molecule has 13 heavy (non-hydrogen) atoms. The van der Waals surface area contributed by atoms with Crippen molar-refractivity contribution in [3.63, 3.8) is 0 Å². The molecule has 1 heterocycles. The third-order valence-corrected chi connectivity index (χ3v) is 2.70. The lowest BCUT2D eigenvalue weighted by atomic mass is 10.2. The number of furan rings is 1. The van der Waals surface area contributed by atoms with Crippen LogP contribution in [0.1, 0.15) is 26.0 Å². The average molecular weight is 179 g/mol. The van der Waals surface area contributed by atoms with E-state index in [4.69, 9.17) is 4.42 Å². The molecule has 1 aromatic heterocycles. The van der Waals surface area contributed by atoms with Crippen LogP contribution in [0.25, 0.3) is 0 Å². The zero-order valence-electron chi connectivity index (χ0n) is 8.29. The SMILES string of the molecule is CC(Cc1ccco1)NC1CC1C. The van der Waals surface area contributed by atoms with Crippen molar-refractivity contribution >= 4 is 0 Å². The van der Waals surface area contributed by atoms with E-state index in [1.54, 1.807) is 6.26 Å². The second kappa shape index (κ2) is 3.54. The largest absolute Gasteiger partial charge is 0.469 e. The Hall–Kier alpha value is -0.760. The standard InChI is InChI=1S/C11H17NO/c1-8-6-11(8)12-9(2)7-10-4-3-5-13-10/h3-5,8-9,11-12H,6-7H2,1-2H3. The van der Waals surface area contributed by atoms with Gasteiger partial charge in [0.25, 0.3) is 0 Å². The Bertz CT molecular complexity index is 255. The van der Waals surface area contributed by atoms with Gasteiger partial charge in [-0.1, -0.05) is 6.92 Å². The normalized spacial score (nSPS) is 28.8. The molecule has 1 aliphatic carbocycles. The molecule has 1 aliphatic rings. The molecule has 0 spiro atoms. The zero-order chi connectivity index (χ0) is 9.26. The molecule has 0 amide bonds. The van der Waals surface area contributed by atoms with Crippen LogP contribution in [0.5, 0.6) is 0 Å². The third kappa shape index (κ3) is 2.34. The van der Waals surface area contributed by atoms with Gasteiger partial charge in [0.15, 0.2) is 0 Å². The number of nitrogens with one attached hydrogen (secondary N) is 1. The molecule has 2 heteroatoms. The lowest BCUT2D eigenvalue weighted by molar-refractivity contribution is 0.451. The van der Waals surface area contributed by atoms with Crippen LogP contribution in [-0.4, -0.2) is 12.1 Å². The van der Waals surface area contributed by atoms with Crippen molar-refractivity contribution in [2.75, 3.05) is 0 Å². The maximum atomic E-state index is 5.29. The summed E-state index contributed by atoms with van der Waals surface area (Å²) in [5.41, 5.74) is 0. The maximum absolute atomic E-state index is 5.29. The summed E-state index contributed by atoms with van der Waals surface area (Å²) in [6, 6.07) is 5.27. The second-order valence-electron chi connectivity index (χ2n) is 4.17. The van der Waals surface area contributed by atoms with Gasteiger partial charge in [0.2, 0.25) is 0 Å². The Kier molecular flexibility index (Phi) is 2.40. The summed E-state index contributed by atoms with van der Waals surface area (Å²) in [7, 11) is 0. The Morgan fingerprint density at radius 3 is 3.00 bits per heavy atom. The highest BCUT2D eigenvalue weighted by Crippen LogP contribution is 2.29. The van der Waals surface area contributed by atoms with Crippen molar-refractivity contribution in [2.24, 2.45) is 5.92 Å². The van der Waals surface area contributed by atoms with Crippen LogP contribution in [0, 0.1) is 5.92 Å². The lowest BCUT2D eigenvalue weighted by Gasteiger charge is -2.11. The highest BCUT2D eigenvalue weighted by Gasteiger charge is 2.33. The van der Waals surface area contributed by atoms with E-state index in [0.29, 0.717) is 6.04 Å². The highest BCUT2D eigenvalue weighted by atomic mass is 16.3. The molecular weight excluding hydrogens is 162 g/mol. The predicted octanol–water partition coefficient (Wildman–Crippen LogP) is 2.21. The monoisotopic (exact) mass is 179 g/mol. The van der Waals surface area contributed by atoms with Gasteiger partial charge < -0.3 is 9.73 Å². The summed E-state index contributed by atoms with van der Waals surface area (Å²) in [4.78, 5) is 0. The molecule has 0 bridgehead atoms. The van der Waals surface area contributed by atoms with Crippen molar-refractivity contribution in [1.29, 1.82) is 0 Å². The molecule has 0 radical (unpaired) electrons. The lowest BCUT2D eigenvalue weighted by Crippen LogP contribution is -2.30. The molecule has 2 rings (SSSR count). The van der Waals surface area contributed by atoms with Crippen LogP contribution >= 0.6 is 0 Å². The Balaban J connectivity index is 1.75. The van der Waals surface area contributed by atoms with E-state index in [0.717, 1.165) is 24.1 Å². The molecule has 0 aromatic carbocycles. The molecule has 1 aromatic rings. The Morgan fingerprint density at radius 2 is 2.46 bits per heavy atom. The maximum Gasteiger partial charge on any atom is 0.105 e. The summed E-state index contributed by atoms with van der Waals surface area (Å²) in [5.74, 6) is 1.95. The van der Waals surface area contributed by atoms with E-state index in [9.17, 15) is 0 Å². The van der Waals surface area contributed by atoms with E-state index in [1.807, 2.05) is 12.1 Å². The van der Waals surface area contributed by atoms with Crippen molar-refractivity contribution in [3.05, 3.63) is 24.2 Å². The fraction of sp³-hybridized carbons (Fsp3) is 0.636. The molecule has 3 atom stereocenters. The third-order valence-electron chi connectivity index (χ3n) is 2.70. The fourth-order valence-corrected chi connectivity index (χ4v) is 1.71. The minimum absolute atomic E-state index is 0.529. The molecule has 0 aliphatic heterocycles. The number of hydrogen-bond donors (Lipinski definition) is 1. The Morgan fingerprint density at radius 1 is 1.69 bits per heavy atom. The fourth-order valence-electron chi connectivity index (χ4n) is 1.71. The zero-order valence-corrected chi connectivity index (χ0v) is 8.29. The second-order valence-corrected chi connectivity index (χ2v) is 4.17. The number of hydrogen-bond acceptors (Lipinski definition) is 2. The predicted molar refractivity (Wildman–Crippen MR) is 52.6 cm³/mol. The van der Waals surface area contributed by atoms with Gasteiger partial charge in [-0.3, -0.25) is 0 Å².